The first kappa shape index (κ1) is 19.4. The van der Waals surface area contributed by atoms with E-state index in [-0.39, 0.29) is 12.6 Å². The lowest BCUT2D eigenvalue weighted by molar-refractivity contribution is -0.686. The van der Waals surface area contributed by atoms with E-state index >= 15 is 0 Å². The molecule has 9 heteroatoms. The second-order valence-corrected chi connectivity index (χ2v) is 5.77. The van der Waals surface area contributed by atoms with Crippen molar-refractivity contribution in [2.24, 2.45) is 0 Å². The number of nitrogens with one attached hydrogen (secondary N) is 2. The quantitative estimate of drug-likeness (QED) is 0.686. The van der Waals surface area contributed by atoms with E-state index in [1.165, 1.54) is 0 Å². The molecule has 5 nitrogen and oxygen atoms in total. The molecule has 0 radical (unpaired) electrons. The number of quaternary nitrogens is 1. The van der Waals surface area contributed by atoms with E-state index in [0.717, 1.165) is 16.5 Å². The van der Waals surface area contributed by atoms with Crippen LogP contribution in [0.15, 0.2) is 28.7 Å². The van der Waals surface area contributed by atoms with Gasteiger partial charge in [-0.05, 0) is 12.1 Å². The van der Waals surface area contributed by atoms with Crippen LogP contribution in [0.2, 0.25) is 0 Å². The van der Waals surface area contributed by atoms with E-state index in [1.807, 2.05) is 36.5 Å². The number of rotatable bonds is 6. The van der Waals surface area contributed by atoms with Gasteiger partial charge in [0.1, 0.15) is 12.6 Å². The summed E-state index contributed by atoms with van der Waals surface area (Å²) in [6.07, 6.45) is -3.75. The Hall–Kier alpha value is -1.61. The predicted octanol–water partition coefficient (Wildman–Crippen LogP) is 1.85. The van der Waals surface area contributed by atoms with Crippen LogP contribution in [0.1, 0.15) is 24.9 Å². The maximum Gasteiger partial charge on any atom is 0.405 e. The van der Waals surface area contributed by atoms with Crippen LogP contribution in [0, 0.1) is 0 Å². The van der Waals surface area contributed by atoms with Gasteiger partial charge in [-0.25, -0.2) is 4.79 Å². The Morgan fingerprint density at radius 3 is 2.39 bits per heavy atom. The molecule has 4 N–H and O–H groups in total. The number of alkyl halides is 3. The van der Waals surface area contributed by atoms with Gasteiger partial charge in [0.15, 0.2) is 6.54 Å². The van der Waals surface area contributed by atoms with Crippen molar-refractivity contribution in [2.45, 2.75) is 25.6 Å². The Morgan fingerprint density at radius 1 is 1.26 bits per heavy atom. The molecule has 0 spiro atoms. The van der Waals surface area contributed by atoms with Crippen molar-refractivity contribution in [1.29, 1.82) is 0 Å². The van der Waals surface area contributed by atoms with Crippen LogP contribution in [0.25, 0.3) is 0 Å². The van der Waals surface area contributed by atoms with E-state index in [2.05, 4.69) is 15.9 Å². The van der Waals surface area contributed by atoms with Crippen LogP contribution in [-0.4, -0.2) is 31.2 Å². The zero-order valence-electron chi connectivity index (χ0n) is 12.4. The molecule has 0 aliphatic rings. The van der Waals surface area contributed by atoms with E-state index in [1.54, 1.807) is 10.6 Å². The lowest BCUT2D eigenvalue weighted by atomic mass is 10.0. The molecule has 3 amide bonds. The van der Waals surface area contributed by atoms with Gasteiger partial charge in [-0.15, -0.1) is 0 Å². The monoisotopic (exact) mass is 396 g/mol. The zero-order valence-corrected chi connectivity index (χ0v) is 14.0. The SMILES string of the molecule is CC[C@H]([NH2+]CC(=O)NC(=O)NCC(F)(F)F)c1ccc(Br)cc1. The predicted molar refractivity (Wildman–Crippen MR) is 81.6 cm³/mol. The van der Waals surface area contributed by atoms with Crippen LogP contribution in [0.3, 0.4) is 0 Å². The Balaban J connectivity index is 2.41. The van der Waals surface area contributed by atoms with Gasteiger partial charge in [0.2, 0.25) is 0 Å². The first-order valence-electron chi connectivity index (χ1n) is 6.94. The Labute approximate surface area is 140 Å². The van der Waals surface area contributed by atoms with Gasteiger partial charge in [0, 0.05) is 16.5 Å². The van der Waals surface area contributed by atoms with Gasteiger partial charge in [0.25, 0.3) is 5.91 Å². The molecule has 0 aliphatic carbocycles. The fraction of sp³-hybridized carbons (Fsp3) is 0.429. The summed E-state index contributed by atoms with van der Waals surface area (Å²) in [7, 11) is 0. The largest absolute Gasteiger partial charge is 0.405 e. The summed E-state index contributed by atoms with van der Waals surface area (Å²) in [4.78, 5) is 22.8. The number of carbonyl (C=O) groups excluding carboxylic acids is 2. The van der Waals surface area contributed by atoms with Crippen LogP contribution >= 0.6 is 15.9 Å². The zero-order chi connectivity index (χ0) is 17.5. The summed E-state index contributed by atoms with van der Waals surface area (Å²) < 4.78 is 36.7. The summed E-state index contributed by atoms with van der Waals surface area (Å²) in [5, 5.41) is 5.17. The van der Waals surface area contributed by atoms with Crippen LogP contribution < -0.4 is 16.0 Å². The molecule has 0 aromatic heterocycles. The summed E-state index contributed by atoms with van der Waals surface area (Å²) in [6, 6.07) is 6.47. The highest BCUT2D eigenvalue weighted by atomic mass is 79.9. The molecule has 128 valence electrons. The summed E-state index contributed by atoms with van der Waals surface area (Å²) in [5.74, 6) is -0.653. The van der Waals surface area contributed by atoms with Gasteiger partial charge < -0.3 is 10.6 Å². The molecule has 1 rings (SSSR count). The van der Waals surface area contributed by atoms with E-state index in [0.29, 0.717) is 0 Å². The third-order valence-corrected chi connectivity index (χ3v) is 3.56. The Morgan fingerprint density at radius 2 is 1.87 bits per heavy atom. The second-order valence-electron chi connectivity index (χ2n) is 4.85. The molecule has 1 aromatic rings. The highest BCUT2D eigenvalue weighted by Gasteiger charge is 2.28. The third kappa shape index (κ3) is 7.98. The minimum absolute atomic E-state index is 0.0205. The van der Waals surface area contributed by atoms with Crippen molar-refractivity contribution in [3.8, 4) is 0 Å². The minimum Gasteiger partial charge on any atom is -0.332 e. The number of hydrogen-bond acceptors (Lipinski definition) is 2. The fourth-order valence-corrected chi connectivity index (χ4v) is 2.16. The second kappa shape index (κ2) is 8.88. The van der Waals surface area contributed by atoms with E-state index in [4.69, 9.17) is 0 Å². The van der Waals surface area contributed by atoms with Crippen molar-refractivity contribution >= 4 is 27.9 Å². The molecule has 0 fully saturated rings. The van der Waals surface area contributed by atoms with Gasteiger partial charge in [-0.2, -0.15) is 13.2 Å². The number of amides is 3. The van der Waals surface area contributed by atoms with Crippen molar-refractivity contribution in [2.75, 3.05) is 13.1 Å². The average Bonchev–Trinajstić information content (AvgIpc) is 2.47. The molecule has 0 aliphatic heterocycles. The number of hydrogen-bond donors (Lipinski definition) is 3. The van der Waals surface area contributed by atoms with Gasteiger partial charge >= 0.3 is 12.2 Å². The number of imide groups is 1. The average molecular weight is 397 g/mol. The van der Waals surface area contributed by atoms with Crippen molar-refractivity contribution < 1.29 is 28.1 Å². The molecule has 0 bridgehead atoms. The molecular formula is C14H18BrF3N3O2+. The fourth-order valence-electron chi connectivity index (χ4n) is 1.90. The van der Waals surface area contributed by atoms with Crippen molar-refractivity contribution in [3.05, 3.63) is 34.3 Å². The first-order chi connectivity index (χ1) is 10.7. The summed E-state index contributed by atoms with van der Waals surface area (Å²) in [6.45, 7) is 0.414. The normalized spacial score (nSPS) is 12.6. The molecule has 23 heavy (non-hydrogen) atoms. The third-order valence-electron chi connectivity index (χ3n) is 3.03. The van der Waals surface area contributed by atoms with Gasteiger partial charge in [-0.1, -0.05) is 35.0 Å². The maximum atomic E-state index is 11.9. The maximum absolute atomic E-state index is 11.9. The first-order valence-corrected chi connectivity index (χ1v) is 7.73. The number of urea groups is 1. The lowest BCUT2D eigenvalue weighted by Gasteiger charge is -2.14. The minimum atomic E-state index is -4.51. The Bertz CT molecular complexity index is 535. The van der Waals surface area contributed by atoms with Gasteiger partial charge in [-0.3, -0.25) is 10.1 Å². The molecule has 0 unspecified atom stereocenters. The van der Waals surface area contributed by atoms with Gasteiger partial charge in [0.05, 0.1) is 0 Å². The van der Waals surface area contributed by atoms with Crippen LogP contribution in [0.5, 0.6) is 0 Å². The summed E-state index contributed by atoms with van der Waals surface area (Å²) in [5.41, 5.74) is 1.02. The van der Waals surface area contributed by atoms with Crippen LogP contribution in [-0.2, 0) is 4.79 Å². The molecule has 0 saturated carbocycles. The lowest BCUT2D eigenvalue weighted by Crippen LogP contribution is -2.87. The smallest absolute Gasteiger partial charge is 0.332 e. The van der Waals surface area contributed by atoms with E-state index in [9.17, 15) is 22.8 Å². The number of nitrogens with two attached hydrogens (primary N) is 1. The Kier molecular flexibility index (Phi) is 7.50. The highest BCUT2D eigenvalue weighted by molar-refractivity contribution is 9.10. The topological polar surface area (TPSA) is 74.8 Å². The molecular weight excluding hydrogens is 379 g/mol. The molecule has 0 heterocycles. The molecule has 1 aromatic carbocycles. The van der Waals surface area contributed by atoms with Crippen molar-refractivity contribution in [3.63, 3.8) is 0 Å². The number of halogens is 4. The van der Waals surface area contributed by atoms with Crippen molar-refractivity contribution in [1.82, 2.24) is 10.6 Å². The standard InChI is InChI=1S/C14H17BrF3N3O2/c1-2-11(9-3-5-10(15)6-4-9)19-7-12(22)21-13(23)20-8-14(16,17)18/h3-6,11,19H,2,7-8H2,1H3,(H2,20,21,22,23)/p+1/t11-/m0/s1. The van der Waals surface area contributed by atoms with Crippen LogP contribution in [0.4, 0.5) is 18.0 Å². The molecule has 1 atom stereocenters. The number of benzene rings is 1. The number of carbonyl (C=O) groups is 2. The molecule has 0 saturated heterocycles. The highest BCUT2D eigenvalue weighted by Crippen LogP contribution is 2.16. The summed E-state index contributed by atoms with van der Waals surface area (Å²) >= 11 is 3.34. The van der Waals surface area contributed by atoms with E-state index < -0.39 is 24.7 Å².